The molecule has 1 aromatic carbocycles. The summed E-state index contributed by atoms with van der Waals surface area (Å²) in [6.07, 6.45) is 9.85. The molecule has 1 saturated carbocycles. The number of carbonyl (C=O) groups is 2. The minimum Gasteiger partial charge on any atom is -0.493 e. The van der Waals surface area contributed by atoms with Crippen molar-refractivity contribution in [2.45, 2.75) is 77.0 Å². The average molecular weight is 669 g/mol. The summed E-state index contributed by atoms with van der Waals surface area (Å²) in [5.74, 6) is 2.20. The van der Waals surface area contributed by atoms with Gasteiger partial charge in [0.15, 0.2) is 0 Å². The number of rotatable bonds is 13. The van der Waals surface area contributed by atoms with Crippen molar-refractivity contribution in [1.82, 2.24) is 24.8 Å². The lowest BCUT2D eigenvalue weighted by molar-refractivity contribution is -0.156. The summed E-state index contributed by atoms with van der Waals surface area (Å²) in [5.41, 5.74) is 0.925. The van der Waals surface area contributed by atoms with E-state index in [2.05, 4.69) is 15.6 Å². The molecule has 1 amide bonds. The number of sulfone groups is 1. The van der Waals surface area contributed by atoms with E-state index in [1.54, 1.807) is 13.2 Å². The Labute approximate surface area is 277 Å². The van der Waals surface area contributed by atoms with Gasteiger partial charge in [-0.1, -0.05) is 19.9 Å². The zero-order valence-electron chi connectivity index (χ0n) is 27.9. The van der Waals surface area contributed by atoms with E-state index in [0.29, 0.717) is 50.7 Å². The standard InChI is InChI=1S/C34H48N6O6S/c1-23(2)31(35-3)33(42)46-26-14-18-39(19-15-26)32(41)24-9-11-25(12-10-24)37-34-36-17-13-30(38-34)40-20-16-27-28(40)7-5-8-29(27)45-21-6-22-47(4,43)44/h5,7-8,13,16-17,20,23-26,31,35H,6,9-12,14-15,18-19,21-22H2,1-4H3,(H,36,37,38)/t24-,25-,31-/m0/s1. The maximum absolute atomic E-state index is 13.3. The minimum atomic E-state index is -3.02. The van der Waals surface area contributed by atoms with E-state index in [1.165, 1.54) is 6.26 Å². The number of ether oxygens (including phenoxy) is 2. The second kappa shape index (κ2) is 15.5. The highest BCUT2D eigenvalue weighted by atomic mass is 32.2. The molecular weight excluding hydrogens is 620 g/mol. The highest BCUT2D eigenvalue weighted by Gasteiger charge is 2.33. The number of hydrogen-bond donors (Lipinski definition) is 2. The van der Waals surface area contributed by atoms with Gasteiger partial charge in [-0.25, -0.2) is 13.4 Å². The van der Waals surface area contributed by atoms with Crippen molar-refractivity contribution < 1.29 is 27.5 Å². The molecule has 2 fully saturated rings. The summed E-state index contributed by atoms with van der Waals surface area (Å²) >= 11 is 0. The third-order valence-corrected chi connectivity index (χ3v) is 10.2. The molecule has 2 N–H and O–H groups in total. The smallest absolute Gasteiger partial charge is 0.323 e. The van der Waals surface area contributed by atoms with Crippen molar-refractivity contribution >= 4 is 38.6 Å². The molecular formula is C34H48N6O6S. The van der Waals surface area contributed by atoms with Crippen LogP contribution in [0, 0.1) is 11.8 Å². The summed E-state index contributed by atoms with van der Waals surface area (Å²) in [6.45, 7) is 5.54. The van der Waals surface area contributed by atoms with E-state index in [0.717, 1.165) is 42.4 Å². The van der Waals surface area contributed by atoms with E-state index < -0.39 is 9.84 Å². The molecule has 1 aliphatic carbocycles. The van der Waals surface area contributed by atoms with E-state index in [9.17, 15) is 18.0 Å². The number of anilines is 1. The number of aromatic nitrogens is 3. The molecule has 0 unspecified atom stereocenters. The van der Waals surface area contributed by atoms with Crippen molar-refractivity contribution in [1.29, 1.82) is 0 Å². The number of carbonyl (C=O) groups excluding carboxylic acids is 2. The number of fused-ring (bicyclic) bond motifs is 1. The molecule has 47 heavy (non-hydrogen) atoms. The average Bonchev–Trinajstić information content (AvgIpc) is 3.48. The molecule has 3 aromatic rings. The fourth-order valence-corrected chi connectivity index (χ4v) is 7.24. The molecule has 256 valence electrons. The predicted molar refractivity (Wildman–Crippen MR) is 181 cm³/mol. The number of hydrogen-bond acceptors (Lipinski definition) is 10. The Morgan fingerprint density at radius 1 is 1.04 bits per heavy atom. The van der Waals surface area contributed by atoms with Crippen LogP contribution >= 0.6 is 0 Å². The Kier molecular flexibility index (Phi) is 11.4. The Morgan fingerprint density at radius 3 is 2.47 bits per heavy atom. The molecule has 2 aromatic heterocycles. The molecule has 5 rings (SSSR count). The monoisotopic (exact) mass is 668 g/mol. The SMILES string of the molecule is CN[C@H](C(=O)OC1CCN(C(=O)[C@H]2CC[C@H](Nc3nccc(-n4ccc5c(OCCCS(C)(=O)=O)cccc54)n3)CC2)CC1)C(C)C. The van der Waals surface area contributed by atoms with Crippen LogP contribution in [0.3, 0.4) is 0 Å². The minimum absolute atomic E-state index is 0.00282. The second-order valence-corrected chi connectivity index (χ2v) is 15.4. The van der Waals surface area contributed by atoms with Crippen LogP contribution in [0.15, 0.2) is 42.7 Å². The van der Waals surface area contributed by atoms with Gasteiger partial charge in [-0.2, -0.15) is 4.98 Å². The second-order valence-electron chi connectivity index (χ2n) is 13.1. The molecule has 2 aliphatic rings. The molecule has 12 nitrogen and oxygen atoms in total. The first-order valence-electron chi connectivity index (χ1n) is 16.7. The lowest BCUT2D eigenvalue weighted by Gasteiger charge is -2.36. The summed E-state index contributed by atoms with van der Waals surface area (Å²) in [7, 11) is -1.25. The maximum Gasteiger partial charge on any atom is 0.323 e. The van der Waals surface area contributed by atoms with Gasteiger partial charge in [0, 0.05) is 61.9 Å². The van der Waals surface area contributed by atoms with Gasteiger partial charge in [0.25, 0.3) is 0 Å². The van der Waals surface area contributed by atoms with Gasteiger partial charge >= 0.3 is 5.97 Å². The Bertz CT molecular complexity index is 1630. The maximum atomic E-state index is 13.3. The first-order valence-corrected chi connectivity index (χ1v) is 18.8. The van der Waals surface area contributed by atoms with E-state index in [-0.39, 0.29) is 47.7 Å². The van der Waals surface area contributed by atoms with E-state index in [4.69, 9.17) is 14.5 Å². The number of nitrogens with one attached hydrogen (secondary N) is 2. The molecule has 0 spiro atoms. The zero-order valence-corrected chi connectivity index (χ0v) is 28.7. The van der Waals surface area contributed by atoms with Gasteiger partial charge in [-0.15, -0.1) is 0 Å². The molecule has 1 saturated heterocycles. The van der Waals surface area contributed by atoms with Gasteiger partial charge in [0.1, 0.15) is 33.6 Å². The molecule has 0 radical (unpaired) electrons. The van der Waals surface area contributed by atoms with Crippen molar-refractivity contribution in [3.05, 3.63) is 42.7 Å². The van der Waals surface area contributed by atoms with Crippen LogP contribution in [-0.4, -0.2) is 96.7 Å². The largest absolute Gasteiger partial charge is 0.493 e. The number of esters is 1. The van der Waals surface area contributed by atoms with Crippen LogP contribution in [0.2, 0.25) is 0 Å². The van der Waals surface area contributed by atoms with Crippen molar-refractivity contribution in [2.75, 3.05) is 44.1 Å². The Balaban J connectivity index is 1.11. The number of nitrogens with zero attached hydrogens (tertiary/aromatic N) is 4. The highest BCUT2D eigenvalue weighted by molar-refractivity contribution is 7.90. The first kappa shape index (κ1) is 34.6. The van der Waals surface area contributed by atoms with Crippen molar-refractivity contribution in [3.63, 3.8) is 0 Å². The van der Waals surface area contributed by atoms with E-state index in [1.807, 2.05) is 59.8 Å². The Morgan fingerprint density at radius 2 is 1.79 bits per heavy atom. The van der Waals surface area contributed by atoms with Crippen molar-refractivity contribution in [2.24, 2.45) is 11.8 Å². The van der Waals surface area contributed by atoms with Gasteiger partial charge in [-0.3, -0.25) is 9.59 Å². The normalized spacial score (nSPS) is 19.9. The molecule has 1 atom stereocenters. The molecule has 3 heterocycles. The molecule has 0 bridgehead atoms. The topological polar surface area (TPSA) is 145 Å². The summed E-state index contributed by atoms with van der Waals surface area (Å²) in [6, 6.07) is 9.47. The number of amides is 1. The van der Waals surface area contributed by atoms with Crippen LogP contribution in [0.5, 0.6) is 5.75 Å². The zero-order chi connectivity index (χ0) is 33.6. The summed E-state index contributed by atoms with van der Waals surface area (Å²) in [5, 5.41) is 7.44. The van der Waals surface area contributed by atoms with Crippen LogP contribution < -0.4 is 15.4 Å². The summed E-state index contributed by atoms with van der Waals surface area (Å²) in [4.78, 5) is 37.1. The van der Waals surface area contributed by atoms with Gasteiger partial charge < -0.3 is 29.6 Å². The first-order chi connectivity index (χ1) is 22.5. The third-order valence-electron chi connectivity index (χ3n) is 9.18. The van der Waals surface area contributed by atoms with Crippen LogP contribution in [0.4, 0.5) is 5.95 Å². The lowest BCUT2D eigenvalue weighted by Crippen LogP contribution is -2.47. The van der Waals surface area contributed by atoms with Gasteiger partial charge in [0.05, 0.1) is 17.9 Å². The molecule has 1 aliphatic heterocycles. The van der Waals surface area contributed by atoms with Crippen LogP contribution in [0.25, 0.3) is 16.7 Å². The molecule has 13 heteroatoms. The van der Waals surface area contributed by atoms with Crippen molar-refractivity contribution in [3.8, 4) is 11.6 Å². The third kappa shape index (κ3) is 9.01. The lowest BCUT2D eigenvalue weighted by atomic mass is 9.85. The Hall–Kier alpha value is -3.71. The number of piperidine rings is 1. The quantitative estimate of drug-likeness (QED) is 0.203. The summed E-state index contributed by atoms with van der Waals surface area (Å²) < 4.78 is 36.5. The number of benzene rings is 1. The van der Waals surface area contributed by atoms with Gasteiger partial charge in [-0.05, 0) is 69.3 Å². The van der Waals surface area contributed by atoms with Crippen LogP contribution in [0.1, 0.15) is 58.8 Å². The van der Waals surface area contributed by atoms with E-state index >= 15 is 0 Å². The fraction of sp³-hybridized carbons (Fsp3) is 0.588. The predicted octanol–water partition coefficient (Wildman–Crippen LogP) is 3.98. The number of likely N-dealkylation sites (N-methyl/N-ethyl adjacent to an activating group) is 1. The number of likely N-dealkylation sites (tertiary alicyclic amines) is 1. The van der Waals surface area contributed by atoms with Crippen LogP contribution in [-0.2, 0) is 24.2 Å². The fourth-order valence-electron chi connectivity index (χ4n) is 6.60. The highest BCUT2D eigenvalue weighted by Crippen LogP contribution is 2.31. The van der Waals surface area contributed by atoms with Gasteiger partial charge in [0.2, 0.25) is 11.9 Å².